The maximum Gasteiger partial charge on any atom is 0.316 e. The Morgan fingerprint density at radius 3 is 2.70 bits per heavy atom. The van der Waals surface area contributed by atoms with E-state index in [-0.39, 0.29) is 24.1 Å². The first-order valence-electron chi connectivity index (χ1n) is 9.43. The van der Waals surface area contributed by atoms with E-state index in [1.165, 1.54) is 11.8 Å². The van der Waals surface area contributed by atoms with Crippen LogP contribution >= 0.6 is 23.4 Å². The Labute approximate surface area is 182 Å². The van der Waals surface area contributed by atoms with Crippen LogP contribution in [0, 0.1) is 0 Å². The summed E-state index contributed by atoms with van der Waals surface area (Å²) in [6.45, 7) is -0.319. The van der Waals surface area contributed by atoms with E-state index in [0.29, 0.717) is 23.4 Å². The number of amides is 1. The molecule has 0 saturated heterocycles. The SMILES string of the molecule is O=C1CCc2cc(C(=O)COC(=O)CSc3cccc4cccc(Cl)c34)ccc2N1. The molecule has 0 aliphatic carbocycles. The minimum Gasteiger partial charge on any atom is -0.457 e. The van der Waals surface area contributed by atoms with Gasteiger partial charge in [0.2, 0.25) is 5.91 Å². The zero-order valence-corrected chi connectivity index (χ0v) is 17.5. The monoisotopic (exact) mass is 439 g/mol. The molecule has 3 aromatic carbocycles. The lowest BCUT2D eigenvalue weighted by atomic mass is 9.99. The average molecular weight is 440 g/mol. The summed E-state index contributed by atoms with van der Waals surface area (Å²) in [4.78, 5) is 36.9. The number of Topliss-reactive ketones (excluding diaryl/α,β-unsaturated/α-hetero) is 1. The number of ether oxygens (including phenoxy) is 1. The third-order valence-electron chi connectivity index (χ3n) is 4.85. The molecule has 3 aromatic rings. The number of benzene rings is 3. The number of carbonyl (C=O) groups excluding carboxylic acids is 3. The van der Waals surface area contributed by atoms with E-state index in [0.717, 1.165) is 26.9 Å². The van der Waals surface area contributed by atoms with Gasteiger partial charge in [0.05, 0.1) is 5.75 Å². The van der Waals surface area contributed by atoms with Crippen LogP contribution in [0.25, 0.3) is 10.8 Å². The molecule has 4 rings (SSSR count). The topological polar surface area (TPSA) is 72.5 Å². The fraction of sp³-hybridized carbons (Fsp3) is 0.174. The van der Waals surface area contributed by atoms with Crippen LogP contribution in [0.2, 0.25) is 5.02 Å². The molecule has 5 nitrogen and oxygen atoms in total. The highest BCUT2D eigenvalue weighted by Gasteiger charge is 2.17. The molecular weight excluding hydrogens is 422 g/mol. The van der Waals surface area contributed by atoms with Gasteiger partial charge in [-0.25, -0.2) is 0 Å². The molecule has 0 fully saturated rings. The van der Waals surface area contributed by atoms with Crippen LogP contribution in [-0.2, 0) is 20.7 Å². The van der Waals surface area contributed by atoms with E-state index in [1.54, 1.807) is 18.2 Å². The van der Waals surface area contributed by atoms with Crippen LogP contribution in [0.3, 0.4) is 0 Å². The third kappa shape index (κ3) is 4.50. The number of thioether (sulfide) groups is 1. The lowest BCUT2D eigenvalue weighted by Crippen LogP contribution is -2.20. The number of fused-ring (bicyclic) bond motifs is 2. The molecular formula is C23H18ClNO4S. The van der Waals surface area contributed by atoms with Crippen molar-refractivity contribution in [2.75, 3.05) is 17.7 Å². The Balaban J connectivity index is 1.34. The number of nitrogens with one attached hydrogen (secondary N) is 1. The van der Waals surface area contributed by atoms with Crippen molar-refractivity contribution < 1.29 is 19.1 Å². The highest BCUT2D eigenvalue weighted by atomic mass is 35.5. The summed E-state index contributed by atoms with van der Waals surface area (Å²) in [5.74, 6) is -0.697. The van der Waals surface area contributed by atoms with Gasteiger partial charge in [-0.15, -0.1) is 11.8 Å². The van der Waals surface area contributed by atoms with Gasteiger partial charge in [0.1, 0.15) is 0 Å². The number of rotatable bonds is 6. The normalized spacial score (nSPS) is 12.9. The second-order valence-corrected chi connectivity index (χ2v) is 8.31. The summed E-state index contributed by atoms with van der Waals surface area (Å²) < 4.78 is 5.17. The second-order valence-electron chi connectivity index (χ2n) is 6.89. The van der Waals surface area contributed by atoms with Crippen LogP contribution in [-0.4, -0.2) is 30.0 Å². The quantitative estimate of drug-likeness (QED) is 0.336. The Bertz CT molecular complexity index is 1160. The lowest BCUT2D eigenvalue weighted by Gasteiger charge is -2.17. The molecule has 1 N–H and O–H groups in total. The molecule has 30 heavy (non-hydrogen) atoms. The van der Waals surface area contributed by atoms with Crippen molar-refractivity contribution in [1.29, 1.82) is 0 Å². The first-order valence-corrected chi connectivity index (χ1v) is 10.8. The van der Waals surface area contributed by atoms with Crippen molar-refractivity contribution in [3.8, 4) is 0 Å². The van der Waals surface area contributed by atoms with E-state index in [4.69, 9.17) is 16.3 Å². The number of carbonyl (C=O) groups is 3. The first-order chi connectivity index (χ1) is 14.5. The van der Waals surface area contributed by atoms with E-state index in [1.807, 2.05) is 36.4 Å². The van der Waals surface area contributed by atoms with Crippen molar-refractivity contribution in [2.24, 2.45) is 0 Å². The predicted molar refractivity (Wildman–Crippen MR) is 118 cm³/mol. The molecule has 0 spiro atoms. The maximum atomic E-state index is 12.4. The molecule has 152 valence electrons. The van der Waals surface area contributed by atoms with Crippen molar-refractivity contribution in [1.82, 2.24) is 0 Å². The van der Waals surface area contributed by atoms with Crippen molar-refractivity contribution in [2.45, 2.75) is 17.7 Å². The van der Waals surface area contributed by atoms with Gasteiger partial charge in [-0.1, -0.05) is 35.9 Å². The fourth-order valence-corrected chi connectivity index (χ4v) is 4.59. The maximum absolute atomic E-state index is 12.4. The first kappa shape index (κ1) is 20.4. The number of anilines is 1. The predicted octanol–water partition coefficient (Wildman–Crippen LogP) is 4.90. The summed E-state index contributed by atoms with van der Waals surface area (Å²) in [5.41, 5.74) is 2.10. The van der Waals surface area contributed by atoms with Crippen LogP contribution in [0.4, 0.5) is 5.69 Å². The lowest BCUT2D eigenvalue weighted by molar-refractivity contribution is -0.139. The number of hydrogen-bond donors (Lipinski definition) is 1. The van der Waals surface area contributed by atoms with Crippen LogP contribution in [0.5, 0.6) is 0 Å². The largest absolute Gasteiger partial charge is 0.457 e. The molecule has 7 heteroatoms. The molecule has 1 aliphatic rings. The number of ketones is 1. The fourth-order valence-electron chi connectivity index (χ4n) is 3.35. The summed E-state index contributed by atoms with van der Waals surface area (Å²) in [5, 5.41) is 5.30. The highest BCUT2D eigenvalue weighted by Crippen LogP contribution is 2.33. The van der Waals surface area contributed by atoms with Crippen LogP contribution < -0.4 is 5.32 Å². The van der Waals surface area contributed by atoms with E-state index in [9.17, 15) is 14.4 Å². The number of hydrogen-bond acceptors (Lipinski definition) is 5. The van der Waals surface area contributed by atoms with Gasteiger partial charge in [0.15, 0.2) is 12.4 Å². The zero-order valence-electron chi connectivity index (χ0n) is 15.9. The molecule has 1 amide bonds. The van der Waals surface area contributed by atoms with E-state index in [2.05, 4.69) is 5.32 Å². The van der Waals surface area contributed by atoms with Gasteiger partial charge in [0, 0.05) is 33.0 Å². The molecule has 0 bridgehead atoms. The molecule has 0 saturated carbocycles. The Hall–Kier alpha value is -2.83. The molecule has 0 aromatic heterocycles. The van der Waals surface area contributed by atoms with Gasteiger partial charge in [-0.3, -0.25) is 14.4 Å². The number of halogens is 1. The second kappa shape index (κ2) is 8.90. The third-order valence-corrected chi connectivity index (χ3v) is 6.19. The Kier molecular flexibility index (Phi) is 6.06. The summed E-state index contributed by atoms with van der Waals surface area (Å²) in [6, 6.07) is 16.5. The van der Waals surface area contributed by atoms with Crippen molar-refractivity contribution >= 4 is 57.5 Å². The van der Waals surface area contributed by atoms with Crippen LogP contribution in [0.15, 0.2) is 59.5 Å². The van der Waals surface area contributed by atoms with Gasteiger partial charge >= 0.3 is 5.97 Å². The molecule has 1 heterocycles. The summed E-state index contributed by atoms with van der Waals surface area (Å²) >= 11 is 7.64. The van der Waals surface area contributed by atoms with E-state index >= 15 is 0 Å². The molecule has 0 radical (unpaired) electrons. The summed E-state index contributed by atoms with van der Waals surface area (Å²) in [6.07, 6.45) is 0.987. The Morgan fingerprint density at radius 2 is 1.87 bits per heavy atom. The van der Waals surface area contributed by atoms with Crippen LogP contribution in [0.1, 0.15) is 22.3 Å². The van der Waals surface area contributed by atoms with Gasteiger partial charge in [0.25, 0.3) is 0 Å². The number of aryl methyl sites for hydroxylation is 1. The summed E-state index contributed by atoms with van der Waals surface area (Å²) in [7, 11) is 0. The van der Waals surface area contributed by atoms with Gasteiger partial charge in [-0.05, 0) is 47.7 Å². The van der Waals surface area contributed by atoms with Gasteiger partial charge in [-0.2, -0.15) is 0 Å². The minimum atomic E-state index is -0.470. The van der Waals surface area contributed by atoms with Crippen molar-refractivity contribution in [3.63, 3.8) is 0 Å². The smallest absolute Gasteiger partial charge is 0.316 e. The van der Waals surface area contributed by atoms with Gasteiger partial charge < -0.3 is 10.1 Å². The van der Waals surface area contributed by atoms with Crippen molar-refractivity contribution in [3.05, 3.63) is 70.7 Å². The average Bonchev–Trinajstić information content (AvgIpc) is 2.75. The highest BCUT2D eigenvalue weighted by molar-refractivity contribution is 8.00. The molecule has 0 unspecified atom stereocenters. The standard InChI is InChI=1S/C23H18ClNO4S/c24-17-5-1-3-14-4-2-6-20(23(14)17)30-13-22(28)29-12-19(26)16-7-9-18-15(11-16)8-10-21(27)25-18/h1-7,9,11H,8,10,12-13H2,(H,25,27). The number of esters is 1. The van der Waals surface area contributed by atoms with E-state index < -0.39 is 5.97 Å². The Morgan fingerprint density at radius 1 is 1.07 bits per heavy atom. The zero-order chi connectivity index (χ0) is 21.1. The molecule has 1 aliphatic heterocycles. The molecule has 0 atom stereocenters. The minimum absolute atomic E-state index is 0.0273.